The molecule has 0 bridgehead atoms. The maximum atomic E-state index is 12.5. The van der Waals surface area contributed by atoms with Gasteiger partial charge in [0.1, 0.15) is 0 Å². The summed E-state index contributed by atoms with van der Waals surface area (Å²) in [5, 5.41) is 8.41. The quantitative estimate of drug-likeness (QED) is 0.326. The molecule has 26 heavy (non-hydrogen) atoms. The molecule has 0 atom stereocenters. The van der Waals surface area contributed by atoms with Crippen molar-refractivity contribution >= 4 is 41.3 Å². The molecule has 1 heterocycles. The Hall–Kier alpha value is -1.62. The van der Waals surface area contributed by atoms with Gasteiger partial charge in [-0.15, -0.1) is 35.3 Å². The lowest BCUT2D eigenvalue weighted by Gasteiger charge is -2.12. The second kappa shape index (κ2) is 11.9. The molecular weight excluding hydrogens is 475 g/mol. The van der Waals surface area contributed by atoms with E-state index in [1.807, 2.05) is 24.4 Å². The number of nitrogens with one attached hydrogen (secondary N) is 2. The summed E-state index contributed by atoms with van der Waals surface area (Å²) in [4.78, 5) is 5.67. The lowest BCUT2D eigenvalue weighted by Crippen LogP contribution is -2.36. The van der Waals surface area contributed by atoms with Gasteiger partial charge < -0.3 is 20.1 Å². The first-order valence-corrected chi connectivity index (χ1v) is 8.66. The Morgan fingerprint density at radius 2 is 2.04 bits per heavy atom. The van der Waals surface area contributed by atoms with Crippen LogP contribution < -0.4 is 20.1 Å². The molecule has 0 aliphatic carbocycles. The fraction of sp³-hybridized carbons (Fsp3) is 0.353. The Labute approximate surface area is 172 Å². The Morgan fingerprint density at radius 3 is 2.65 bits per heavy atom. The zero-order chi connectivity index (χ0) is 18.1. The molecule has 9 heteroatoms. The van der Waals surface area contributed by atoms with Crippen molar-refractivity contribution < 1.29 is 18.3 Å². The van der Waals surface area contributed by atoms with E-state index in [9.17, 15) is 8.78 Å². The molecule has 1 aromatic carbocycles. The molecule has 0 saturated carbocycles. The second-order valence-corrected chi connectivity index (χ2v) is 6.02. The molecule has 5 nitrogen and oxygen atoms in total. The summed E-state index contributed by atoms with van der Waals surface area (Å²) in [5.41, 5.74) is 0.741. The number of hydrogen-bond acceptors (Lipinski definition) is 4. The van der Waals surface area contributed by atoms with Crippen LogP contribution >= 0.6 is 35.3 Å². The predicted octanol–water partition coefficient (Wildman–Crippen LogP) is 4.23. The molecule has 0 fully saturated rings. The van der Waals surface area contributed by atoms with Crippen molar-refractivity contribution in [3.8, 4) is 11.5 Å². The minimum absolute atomic E-state index is 0. The van der Waals surface area contributed by atoms with E-state index >= 15 is 0 Å². The summed E-state index contributed by atoms with van der Waals surface area (Å²) >= 11 is 1.66. The van der Waals surface area contributed by atoms with Gasteiger partial charge in [-0.2, -0.15) is 8.78 Å². The van der Waals surface area contributed by atoms with E-state index < -0.39 is 6.61 Å². The largest absolute Gasteiger partial charge is 0.493 e. The average molecular weight is 497 g/mol. The Bertz CT molecular complexity index is 685. The predicted molar refractivity (Wildman–Crippen MR) is 111 cm³/mol. The van der Waals surface area contributed by atoms with Gasteiger partial charge in [-0.05, 0) is 36.1 Å². The van der Waals surface area contributed by atoms with Crippen LogP contribution in [0.3, 0.4) is 0 Å². The van der Waals surface area contributed by atoms with Crippen LogP contribution in [-0.4, -0.2) is 26.2 Å². The molecule has 1 aromatic heterocycles. The molecule has 0 spiro atoms. The minimum atomic E-state index is -2.91. The van der Waals surface area contributed by atoms with Gasteiger partial charge in [-0.1, -0.05) is 12.1 Å². The summed E-state index contributed by atoms with van der Waals surface area (Å²) < 4.78 is 34.5. The molecule has 0 unspecified atom stereocenters. The first kappa shape index (κ1) is 22.4. The Balaban J connectivity index is 0.00000338. The van der Waals surface area contributed by atoms with Crippen molar-refractivity contribution in [2.24, 2.45) is 4.99 Å². The molecule has 0 aliphatic rings. The van der Waals surface area contributed by atoms with Crippen LogP contribution in [0.5, 0.6) is 11.5 Å². The molecule has 144 valence electrons. The van der Waals surface area contributed by atoms with Crippen LogP contribution in [0.25, 0.3) is 0 Å². The molecule has 2 N–H and O–H groups in total. The van der Waals surface area contributed by atoms with Crippen molar-refractivity contribution in [2.45, 2.75) is 26.6 Å². The third-order valence-electron chi connectivity index (χ3n) is 3.22. The lowest BCUT2D eigenvalue weighted by molar-refractivity contribution is -0.0512. The highest BCUT2D eigenvalue weighted by atomic mass is 127. The number of aliphatic imine (C=N–C) groups is 1. The molecular formula is C17H22F2IN3O2S. The van der Waals surface area contributed by atoms with Gasteiger partial charge in [-0.25, -0.2) is 4.99 Å². The summed E-state index contributed by atoms with van der Waals surface area (Å²) in [6.07, 6.45) is 0. The highest BCUT2D eigenvalue weighted by Gasteiger charge is 2.11. The van der Waals surface area contributed by atoms with E-state index in [-0.39, 0.29) is 35.5 Å². The number of rotatable bonds is 8. The average Bonchev–Trinajstić information content (AvgIpc) is 3.10. The van der Waals surface area contributed by atoms with E-state index in [0.717, 1.165) is 12.1 Å². The molecule has 0 amide bonds. The minimum Gasteiger partial charge on any atom is -0.493 e. The van der Waals surface area contributed by atoms with Crippen LogP contribution in [0.4, 0.5) is 8.78 Å². The van der Waals surface area contributed by atoms with Crippen LogP contribution in [-0.2, 0) is 13.1 Å². The summed E-state index contributed by atoms with van der Waals surface area (Å²) in [6.45, 7) is 0.787. The van der Waals surface area contributed by atoms with Crippen LogP contribution in [0, 0.1) is 0 Å². The number of nitrogens with zero attached hydrogens (tertiary/aromatic N) is 1. The maximum Gasteiger partial charge on any atom is 0.387 e. The number of halogens is 3. The standard InChI is InChI=1S/C17H21F2N3O2S.HI/c1-3-20-17(22-11-13-5-4-8-25-13)21-10-12-6-7-14(23-2)15(9-12)24-16(18)19;/h4-9,16H,3,10-11H2,1-2H3,(H2,20,21,22);1H. The smallest absolute Gasteiger partial charge is 0.387 e. The van der Waals surface area contributed by atoms with Gasteiger partial charge in [0.2, 0.25) is 0 Å². The summed E-state index contributed by atoms with van der Waals surface area (Å²) in [6, 6.07) is 8.90. The number of guanidine groups is 1. The van der Waals surface area contributed by atoms with Crippen LogP contribution in [0.15, 0.2) is 40.7 Å². The van der Waals surface area contributed by atoms with Crippen molar-refractivity contribution in [1.29, 1.82) is 0 Å². The van der Waals surface area contributed by atoms with E-state index in [1.54, 1.807) is 23.5 Å². The molecule has 2 rings (SSSR count). The molecule has 2 aromatic rings. The molecule has 0 saturated heterocycles. The first-order chi connectivity index (χ1) is 12.1. The fourth-order valence-corrected chi connectivity index (χ4v) is 2.75. The fourth-order valence-electron chi connectivity index (χ4n) is 2.10. The van der Waals surface area contributed by atoms with Crippen LogP contribution in [0.2, 0.25) is 0 Å². The van der Waals surface area contributed by atoms with Gasteiger partial charge in [0.15, 0.2) is 17.5 Å². The summed E-state index contributed by atoms with van der Waals surface area (Å²) in [5.74, 6) is 0.917. The third kappa shape index (κ3) is 7.32. The van der Waals surface area contributed by atoms with Crippen molar-refractivity contribution in [3.05, 3.63) is 46.2 Å². The third-order valence-corrected chi connectivity index (χ3v) is 4.09. The SMILES string of the molecule is CCNC(=NCc1ccc(OC)c(OC(F)F)c1)NCc1cccs1.I. The topological polar surface area (TPSA) is 54.9 Å². The molecule has 0 aliphatic heterocycles. The van der Waals surface area contributed by atoms with Gasteiger partial charge in [0.25, 0.3) is 0 Å². The summed E-state index contributed by atoms with van der Waals surface area (Å²) in [7, 11) is 1.41. The van der Waals surface area contributed by atoms with E-state index in [0.29, 0.717) is 19.0 Å². The van der Waals surface area contributed by atoms with E-state index in [1.165, 1.54) is 18.1 Å². The van der Waals surface area contributed by atoms with Crippen molar-refractivity contribution in [2.75, 3.05) is 13.7 Å². The highest BCUT2D eigenvalue weighted by molar-refractivity contribution is 14.0. The van der Waals surface area contributed by atoms with Crippen LogP contribution in [0.1, 0.15) is 17.4 Å². The van der Waals surface area contributed by atoms with Gasteiger partial charge >= 0.3 is 6.61 Å². The number of alkyl halides is 2. The van der Waals surface area contributed by atoms with Gasteiger partial charge in [-0.3, -0.25) is 0 Å². The van der Waals surface area contributed by atoms with Gasteiger partial charge in [0.05, 0.1) is 20.2 Å². The maximum absolute atomic E-state index is 12.5. The van der Waals surface area contributed by atoms with E-state index in [4.69, 9.17) is 4.74 Å². The van der Waals surface area contributed by atoms with E-state index in [2.05, 4.69) is 20.4 Å². The number of thiophene rings is 1. The lowest BCUT2D eigenvalue weighted by atomic mass is 10.2. The van der Waals surface area contributed by atoms with Crippen molar-refractivity contribution in [3.63, 3.8) is 0 Å². The number of hydrogen-bond donors (Lipinski definition) is 2. The Kier molecular flexibility index (Phi) is 10.3. The molecule has 0 radical (unpaired) electrons. The first-order valence-electron chi connectivity index (χ1n) is 7.78. The monoisotopic (exact) mass is 497 g/mol. The zero-order valence-corrected chi connectivity index (χ0v) is 17.6. The highest BCUT2D eigenvalue weighted by Crippen LogP contribution is 2.29. The zero-order valence-electron chi connectivity index (χ0n) is 14.5. The Morgan fingerprint density at radius 1 is 1.23 bits per heavy atom. The number of ether oxygens (including phenoxy) is 2. The van der Waals surface area contributed by atoms with Crippen molar-refractivity contribution in [1.82, 2.24) is 10.6 Å². The number of methoxy groups -OCH3 is 1. The van der Waals surface area contributed by atoms with Gasteiger partial charge in [0, 0.05) is 11.4 Å². The number of benzene rings is 1. The normalized spacial score (nSPS) is 11.0. The second-order valence-electron chi connectivity index (χ2n) is 4.99.